The fourth-order valence-electron chi connectivity index (χ4n) is 1.27. The third-order valence-corrected chi connectivity index (χ3v) is 3.33. The summed E-state index contributed by atoms with van der Waals surface area (Å²) in [4.78, 5) is 1.19. The van der Waals surface area contributed by atoms with Crippen LogP contribution in [0.2, 0.25) is 0 Å². The van der Waals surface area contributed by atoms with E-state index in [1.165, 1.54) is 10.9 Å². The molecule has 2 rings (SSSR count). The summed E-state index contributed by atoms with van der Waals surface area (Å²) in [6.07, 6.45) is 0.677. The summed E-state index contributed by atoms with van der Waals surface area (Å²) in [6.45, 7) is 0. The molecule has 0 nitrogen and oxygen atoms in total. The Bertz CT molecular complexity index is 423. The maximum atomic E-state index is 13.4. The lowest BCUT2D eigenvalue weighted by Crippen LogP contribution is -1.89. The lowest BCUT2D eigenvalue weighted by atomic mass is 10.1. The lowest BCUT2D eigenvalue weighted by Gasteiger charge is -2.01. The van der Waals surface area contributed by atoms with Crippen LogP contribution in [0.3, 0.4) is 0 Å². The molecule has 1 aromatic heterocycles. The van der Waals surface area contributed by atoms with Gasteiger partial charge in [-0.05, 0) is 29.1 Å². The van der Waals surface area contributed by atoms with Crippen molar-refractivity contribution in [3.63, 3.8) is 0 Å². The Labute approximate surface area is 94.5 Å². The van der Waals surface area contributed by atoms with Crippen LogP contribution in [-0.2, 0) is 6.42 Å². The van der Waals surface area contributed by atoms with Crippen molar-refractivity contribution in [3.05, 3.63) is 56.4 Å². The fraction of sp³-hybridized carbons (Fsp3) is 0.0909. The highest BCUT2D eigenvalue weighted by Gasteiger charge is 2.04. The maximum absolute atomic E-state index is 13.4. The molecule has 2 aromatic rings. The van der Waals surface area contributed by atoms with Gasteiger partial charge in [-0.25, -0.2) is 4.39 Å². The molecule has 0 aliphatic heterocycles. The summed E-state index contributed by atoms with van der Waals surface area (Å²) in [5.41, 5.74) is 0.746. The zero-order valence-electron chi connectivity index (χ0n) is 7.34. The van der Waals surface area contributed by atoms with Crippen molar-refractivity contribution in [1.29, 1.82) is 0 Å². The first-order valence-electron chi connectivity index (χ1n) is 4.22. The number of benzene rings is 1. The highest BCUT2D eigenvalue weighted by Crippen LogP contribution is 2.20. The number of thiophene rings is 1. The normalized spacial score (nSPS) is 10.4. The topological polar surface area (TPSA) is 0 Å². The van der Waals surface area contributed by atoms with E-state index in [-0.39, 0.29) is 5.82 Å². The van der Waals surface area contributed by atoms with E-state index >= 15 is 0 Å². The van der Waals surface area contributed by atoms with Crippen LogP contribution in [0.15, 0.2) is 40.2 Å². The second-order valence-electron chi connectivity index (χ2n) is 2.99. The summed E-state index contributed by atoms with van der Waals surface area (Å²) < 4.78 is 14.2. The minimum absolute atomic E-state index is 0.146. The van der Waals surface area contributed by atoms with Gasteiger partial charge in [0.2, 0.25) is 0 Å². The molecule has 0 bridgehead atoms. The maximum Gasteiger partial charge on any atom is 0.127 e. The van der Waals surface area contributed by atoms with E-state index in [1.807, 2.05) is 29.6 Å². The number of hydrogen-bond acceptors (Lipinski definition) is 1. The Hall–Kier alpha value is -0.670. The Balaban J connectivity index is 2.25. The van der Waals surface area contributed by atoms with Gasteiger partial charge in [-0.15, -0.1) is 11.3 Å². The molecule has 0 saturated carbocycles. The van der Waals surface area contributed by atoms with Crippen LogP contribution in [0.1, 0.15) is 10.4 Å². The average molecular weight is 271 g/mol. The van der Waals surface area contributed by atoms with E-state index < -0.39 is 0 Å². The van der Waals surface area contributed by atoms with Crippen molar-refractivity contribution >= 4 is 27.3 Å². The van der Waals surface area contributed by atoms with E-state index in [2.05, 4.69) is 15.9 Å². The summed E-state index contributed by atoms with van der Waals surface area (Å²) in [5.74, 6) is -0.146. The first kappa shape index (κ1) is 9.87. The van der Waals surface area contributed by atoms with Crippen LogP contribution in [-0.4, -0.2) is 0 Å². The highest BCUT2D eigenvalue weighted by atomic mass is 79.9. The smallest absolute Gasteiger partial charge is 0.127 e. The molecule has 1 aromatic carbocycles. The molecule has 72 valence electrons. The van der Waals surface area contributed by atoms with Gasteiger partial charge >= 0.3 is 0 Å². The minimum Gasteiger partial charge on any atom is -0.207 e. The van der Waals surface area contributed by atoms with Gasteiger partial charge in [-0.2, -0.15) is 0 Å². The Morgan fingerprint density at radius 2 is 2.14 bits per heavy atom. The van der Waals surface area contributed by atoms with Crippen LogP contribution in [0, 0.1) is 5.82 Å². The van der Waals surface area contributed by atoms with Crippen LogP contribution in [0.5, 0.6) is 0 Å². The SMILES string of the molecule is Fc1cc(Br)ccc1Cc1cccs1. The largest absolute Gasteiger partial charge is 0.207 e. The molecule has 14 heavy (non-hydrogen) atoms. The van der Waals surface area contributed by atoms with Crippen molar-refractivity contribution in [2.24, 2.45) is 0 Å². The zero-order chi connectivity index (χ0) is 9.97. The van der Waals surface area contributed by atoms with Crippen molar-refractivity contribution in [1.82, 2.24) is 0 Å². The molecule has 0 aliphatic carbocycles. The molecule has 0 aliphatic rings. The molecule has 0 radical (unpaired) electrons. The predicted octanol–water partition coefficient (Wildman–Crippen LogP) is 4.24. The quantitative estimate of drug-likeness (QED) is 0.766. The van der Waals surface area contributed by atoms with Crippen LogP contribution in [0.4, 0.5) is 4.39 Å². The first-order chi connectivity index (χ1) is 6.75. The second-order valence-corrected chi connectivity index (χ2v) is 4.94. The minimum atomic E-state index is -0.146. The molecular formula is C11H8BrFS. The molecule has 1 heterocycles. The van der Waals surface area contributed by atoms with Gasteiger partial charge in [0.25, 0.3) is 0 Å². The monoisotopic (exact) mass is 270 g/mol. The standard InChI is InChI=1S/C11H8BrFS/c12-9-4-3-8(11(13)7-9)6-10-2-1-5-14-10/h1-5,7H,6H2. The number of hydrogen-bond donors (Lipinski definition) is 0. The third-order valence-electron chi connectivity index (χ3n) is 1.96. The van der Waals surface area contributed by atoms with Gasteiger partial charge < -0.3 is 0 Å². The van der Waals surface area contributed by atoms with E-state index in [4.69, 9.17) is 0 Å². The van der Waals surface area contributed by atoms with Crippen LogP contribution >= 0.6 is 27.3 Å². The molecule has 0 spiro atoms. The fourth-order valence-corrected chi connectivity index (χ4v) is 2.33. The van der Waals surface area contributed by atoms with Crippen molar-refractivity contribution in [2.75, 3.05) is 0 Å². The van der Waals surface area contributed by atoms with E-state index in [0.717, 1.165) is 10.0 Å². The van der Waals surface area contributed by atoms with Gasteiger partial charge in [-0.1, -0.05) is 28.1 Å². The molecular weight excluding hydrogens is 263 g/mol. The lowest BCUT2D eigenvalue weighted by molar-refractivity contribution is 0.613. The third kappa shape index (κ3) is 2.22. The summed E-state index contributed by atoms with van der Waals surface area (Å²) in [6, 6.07) is 9.19. The van der Waals surface area contributed by atoms with Gasteiger partial charge in [0, 0.05) is 15.8 Å². The number of halogens is 2. The molecule has 0 unspecified atom stereocenters. The highest BCUT2D eigenvalue weighted by molar-refractivity contribution is 9.10. The number of rotatable bonds is 2. The predicted molar refractivity (Wildman–Crippen MR) is 61.2 cm³/mol. The van der Waals surface area contributed by atoms with Crippen molar-refractivity contribution in [3.8, 4) is 0 Å². The van der Waals surface area contributed by atoms with Crippen LogP contribution < -0.4 is 0 Å². The van der Waals surface area contributed by atoms with E-state index in [0.29, 0.717) is 6.42 Å². The molecule has 0 saturated heterocycles. The Morgan fingerprint density at radius 1 is 1.29 bits per heavy atom. The average Bonchev–Trinajstić information content (AvgIpc) is 2.62. The van der Waals surface area contributed by atoms with Gasteiger partial charge in [0.1, 0.15) is 5.82 Å². The second kappa shape index (κ2) is 4.24. The van der Waals surface area contributed by atoms with Crippen molar-refractivity contribution in [2.45, 2.75) is 6.42 Å². The summed E-state index contributed by atoms with van der Waals surface area (Å²) in [7, 11) is 0. The summed E-state index contributed by atoms with van der Waals surface area (Å²) >= 11 is 4.89. The van der Waals surface area contributed by atoms with Gasteiger partial charge in [0.05, 0.1) is 0 Å². The molecule has 3 heteroatoms. The van der Waals surface area contributed by atoms with Crippen molar-refractivity contribution < 1.29 is 4.39 Å². The zero-order valence-corrected chi connectivity index (χ0v) is 9.74. The molecule has 0 atom stereocenters. The van der Waals surface area contributed by atoms with Crippen LogP contribution in [0.25, 0.3) is 0 Å². The first-order valence-corrected chi connectivity index (χ1v) is 5.89. The summed E-state index contributed by atoms with van der Waals surface area (Å²) in [5, 5.41) is 2.01. The Morgan fingerprint density at radius 3 is 2.79 bits per heavy atom. The molecule has 0 N–H and O–H groups in total. The van der Waals surface area contributed by atoms with Gasteiger partial charge in [-0.3, -0.25) is 0 Å². The molecule has 0 fully saturated rings. The van der Waals surface area contributed by atoms with E-state index in [1.54, 1.807) is 11.3 Å². The molecule has 0 amide bonds. The van der Waals surface area contributed by atoms with E-state index in [9.17, 15) is 4.39 Å². The Kier molecular flexibility index (Phi) is 2.99. The van der Waals surface area contributed by atoms with Gasteiger partial charge in [0.15, 0.2) is 0 Å².